The van der Waals surface area contributed by atoms with Gasteiger partial charge in [0.25, 0.3) is 0 Å². The first-order chi connectivity index (χ1) is 14.0. The average molecular weight is 398 g/mol. The van der Waals surface area contributed by atoms with Gasteiger partial charge in [-0.05, 0) is 31.5 Å². The van der Waals surface area contributed by atoms with Gasteiger partial charge in [0.15, 0.2) is 0 Å². The molecule has 1 aromatic heterocycles. The summed E-state index contributed by atoms with van der Waals surface area (Å²) in [4.78, 5) is 2.12. The Labute approximate surface area is 175 Å². The number of hydrogen-bond acceptors (Lipinski definition) is 5. The van der Waals surface area contributed by atoms with Gasteiger partial charge in [-0.3, -0.25) is 4.57 Å². The van der Waals surface area contributed by atoms with Crippen LogP contribution in [-0.2, 0) is 6.67 Å². The summed E-state index contributed by atoms with van der Waals surface area (Å²) in [6.07, 6.45) is 0. The highest BCUT2D eigenvalue weighted by Gasteiger charge is 2.25. The van der Waals surface area contributed by atoms with Gasteiger partial charge < -0.3 is 10.2 Å². The molecule has 0 aliphatic carbocycles. The Kier molecular flexibility index (Phi) is 4.80. The van der Waals surface area contributed by atoms with Crippen LogP contribution < -0.4 is 10.2 Å². The van der Waals surface area contributed by atoms with Crippen LogP contribution in [0.25, 0.3) is 11.1 Å². The van der Waals surface area contributed by atoms with Crippen molar-refractivity contribution in [3.05, 3.63) is 75.4 Å². The maximum Gasteiger partial charge on any atom is 0.128 e. The highest BCUT2D eigenvalue weighted by molar-refractivity contribution is 7.71. The molecule has 0 atom stereocenters. The zero-order valence-corrected chi connectivity index (χ0v) is 17.0. The van der Waals surface area contributed by atoms with E-state index in [1.54, 1.807) is 0 Å². The summed E-state index contributed by atoms with van der Waals surface area (Å²) in [5.74, 6) is 0.662. The Morgan fingerprint density at radius 1 is 0.897 bits per heavy atom. The number of aryl methyl sites for hydroxylation is 2. The van der Waals surface area contributed by atoms with Gasteiger partial charge in [0.05, 0.1) is 18.9 Å². The van der Waals surface area contributed by atoms with Gasteiger partial charge in [-0.15, -0.1) is 0 Å². The third kappa shape index (κ3) is 3.24. The summed E-state index contributed by atoms with van der Waals surface area (Å²) in [5.41, 5.74) is 5.58. The van der Waals surface area contributed by atoms with Crippen LogP contribution in [0.5, 0.6) is 0 Å². The fraction of sp³-hybridized carbons (Fsp3) is 0.174. The largest absolute Gasteiger partial charge is 0.353 e. The Balaban J connectivity index is 1.88. The van der Waals surface area contributed by atoms with E-state index in [1.165, 1.54) is 5.56 Å². The number of hydrogen-bond donors (Lipinski definition) is 1. The highest BCUT2D eigenvalue weighted by Crippen LogP contribution is 2.35. The number of nitrogens with one attached hydrogen (secondary N) is 1. The zero-order valence-electron chi connectivity index (χ0n) is 16.2. The molecule has 29 heavy (non-hydrogen) atoms. The van der Waals surface area contributed by atoms with Crippen LogP contribution in [0, 0.1) is 41.2 Å². The molecule has 0 saturated carbocycles. The van der Waals surface area contributed by atoms with Crippen molar-refractivity contribution in [2.45, 2.75) is 20.5 Å². The zero-order chi connectivity index (χ0) is 20.5. The Bertz CT molecular complexity index is 1230. The molecule has 2 heterocycles. The summed E-state index contributed by atoms with van der Waals surface area (Å²) in [5, 5.41) is 23.2. The molecule has 0 saturated heterocycles. The highest BCUT2D eigenvalue weighted by atomic mass is 32.1. The van der Waals surface area contributed by atoms with E-state index >= 15 is 0 Å². The van der Waals surface area contributed by atoms with Crippen molar-refractivity contribution in [2.24, 2.45) is 0 Å². The summed E-state index contributed by atoms with van der Waals surface area (Å²) in [6, 6.07) is 20.6. The first-order valence-corrected chi connectivity index (χ1v) is 9.68. The van der Waals surface area contributed by atoms with Gasteiger partial charge in [0, 0.05) is 11.3 Å². The van der Waals surface area contributed by atoms with Crippen LogP contribution >= 0.6 is 12.2 Å². The maximum atomic E-state index is 9.95. The minimum absolute atomic E-state index is 0.358. The SMILES string of the molecule is Cc1ccc(-c2c(C#N)c3n(c(=S)c2C#N)CN(c2ccc(C)cc2)CN3)cc1. The molecular formula is C23H19N5S. The standard InChI is InChI=1S/C23H19N5S/c1-15-3-7-17(8-4-15)21-19(11-24)22-26-13-27(18-9-5-16(2)6-10-18)14-28(22)23(29)20(21)12-25/h3-10,26H,13-14H2,1-2H3. The smallest absolute Gasteiger partial charge is 0.128 e. The van der Waals surface area contributed by atoms with Gasteiger partial charge in [0.2, 0.25) is 0 Å². The van der Waals surface area contributed by atoms with Crippen LogP contribution in [0.2, 0.25) is 0 Å². The fourth-order valence-corrected chi connectivity index (χ4v) is 3.88. The molecular weight excluding hydrogens is 378 g/mol. The van der Waals surface area contributed by atoms with Gasteiger partial charge >= 0.3 is 0 Å². The van der Waals surface area contributed by atoms with Crippen molar-refractivity contribution >= 4 is 23.7 Å². The van der Waals surface area contributed by atoms with E-state index in [9.17, 15) is 10.5 Å². The Morgan fingerprint density at radius 2 is 1.48 bits per heavy atom. The van der Waals surface area contributed by atoms with E-state index in [0.717, 1.165) is 16.8 Å². The summed E-state index contributed by atoms with van der Waals surface area (Å²) < 4.78 is 2.27. The monoisotopic (exact) mass is 397 g/mol. The van der Waals surface area contributed by atoms with E-state index < -0.39 is 0 Å². The molecule has 0 amide bonds. The van der Waals surface area contributed by atoms with Crippen molar-refractivity contribution in [2.75, 3.05) is 16.9 Å². The molecule has 0 spiro atoms. The van der Waals surface area contributed by atoms with Crippen LogP contribution in [0.4, 0.5) is 11.5 Å². The number of fused-ring (bicyclic) bond motifs is 1. The number of rotatable bonds is 2. The lowest BCUT2D eigenvalue weighted by atomic mass is 9.95. The molecule has 5 nitrogen and oxygen atoms in total. The van der Waals surface area contributed by atoms with Gasteiger partial charge in [-0.2, -0.15) is 10.5 Å². The molecule has 0 unspecified atom stereocenters. The molecule has 0 bridgehead atoms. The number of anilines is 2. The van der Waals surface area contributed by atoms with Gasteiger partial charge in [-0.1, -0.05) is 59.7 Å². The average Bonchev–Trinajstić information content (AvgIpc) is 2.74. The second kappa shape index (κ2) is 7.43. The van der Waals surface area contributed by atoms with Gasteiger partial charge in [0.1, 0.15) is 28.2 Å². The topological polar surface area (TPSA) is 67.8 Å². The number of benzene rings is 2. The van der Waals surface area contributed by atoms with Crippen molar-refractivity contribution in [1.29, 1.82) is 10.5 Å². The molecule has 1 N–H and O–H groups in total. The molecule has 1 aliphatic rings. The van der Waals surface area contributed by atoms with Crippen LogP contribution in [0.15, 0.2) is 48.5 Å². The van der Waals surface area contributed by atoms with Gasteiger partial charge in [-0.25, -0.2) is 0 Å². The Hall–Kier alpha value is -3.61. The Morgan fingerprint density at radius 3 is 2.07 bits per heavy atom. The lowest BCUT2D eigenvalue weighted by Gasteiger charge is -2.34. The first-order valence-electron chi connectivity index (χ1n) is 9.27. The van der Waals surface area contributed by atoms with E-state index in [1.807, 2.05) is 35.8 Å². The van der Waals surface area contributed by atoms with Crippen molar-refractivity contribution in [3.8, 4) is 23.3 Å². The predicted octanol–water partition coefficient (Wildman–Crippen LogP) is 5.09. The fourth-order valence-electron chi connectivity index (χ4n) is 3.58. The molecule has 4 rings (SSSR count). The van der Waals surface area contributed by atoms with Crippen molar-refractivity contribution in [3.63, 3.8) is 0 Å². The number of pyridine rings is 1. The summed E-state index contributed by atoms with van der Waals surface area (Å²) >= 11 is 5.69. The summed E-state index contributed by atoms with van der Waals surface area (Å²) in [7, 11) is 0. The second-order valence-corrected chi connectivity index (χ2v) is 7.53. The van der Waals surface area contributed by atoms with E-state index in [0.29, 0.717) is 40.5 Å². The molecule has 142 valence electrons. The number of nitrogens with zero attached hydrogens (tertiary/aromatic N) is 4. The number of aromatic nitrogens is 1. The maximum absolute atomic E-state index is 9.95. The van der Waals surface area contributed by atoms with Crippen LogP contribution in [0.3, 0.4) is 0 Å². The third-order valence-electron chi connectivity index (χ3n) is 5.18. The second-order valence-electron chi connectivity index (χ2n) is 7.15. The van der Waals surface area contributed by atoms with E-state index in [-0.39, 0.29) is 0 Å². The van der Waals surface area contributed by atoms with E-state index in [4.69, 9.17) is 12.2 Å². The van der Waals surface area contributed by atoms with Crippen LogP contribution in [-0.4, -0.2) is 11.2 Å². The lowest BCUT2D eigenvalue weighted by molar-refractivity contribution is 0.612. The molecule has 1 aliphatic heterocycles. The van der Waals surface area contributed by atoms with Crippen molar-refractivity contribution < 1.29 is 0 Å². The minimum Gasteiger partial charge on any atom is -0.353 e. The molecule has 0 fully saturated rings. The van der Waals surface area contributed by atoms with Crippen molar-refractivity contribution in [1.82, 2.24) is 4.57 Å². The predicted molar refractivity (Wildman–Crippen MR) is 117 cm³/mol. The minimum atomic E-state index is 0.358. The molecule has 3 aromatic rings. The van der Waals surface area contributed by atoms with Crippen LogP contribution in [0.1, 0.15) is 22.3 Å². The normalized spacial score (nSPS) is 12.5. The van der Waals surface area contributed by atoms with E-state index in [2.05, 4.69) is 53.5 Å². The number of nitriles is 2. The quantitative estimate of drug-likeness (QED) is 0.610. The third-order valence-corrected chi connectivity index (χ3v) is 5.60. The molecule has 2 aromatic carbocycles. The lowest BCUT2D eigenvalue weighted by Crippen LogP contribution is -2.38. The molecule has 0 radical (unpaired) electrons. The summed E-state index contributed by atoms with van der Waals surface area (Å²) in [6.45, 7) is 5.07. The first kappa shape index (κ1) is 18.7. The molecule has 6 heteroatoms.